The quantitative estimate of drug-likeness (QED) is 0.674. The Bertz CT molecular complexity index is 912. The zero-order valence-electron chi connectivity index (χ0n) is 16.8. The van der Waals surface area contributed by atoms with E-state index in [0.29, 0.717) is 25.5 Å². The van der Waals surface area contributed by atoms with Gasteiger partial charge < -0.3 is 15.5 Å². The number of rotatable bonds is 6. The SMILES string of the molecule is C=N/C=C(/c1nccc(N2CCCN(CC(N)=O)CC2)n1)N1C=C(C(F)(F)F)N=CC1. The lowest BCUT2D eigenvalue weighted by atomic mass is 10.3. The summed E-state index contributed by atoms with van der Waals surface area (Å²) in [4.78, 5) is 32.5. The number of primary amides is 1. The molecule has 0 saturated carbocycles. The zero-order chi connectivity index (χ0) is 22.4. The number of carbonyl (C=O) groups is 1. The Hall–Kier alpha value is -3.28. The predicted octanol–water partition coefficient (Wildman–Crippen LogP) is 1.26. The molecule has 2 aliphatic heterocycles. The van der Waals surface area contributed by atoms with Gasteiger partial charge in [-0.15, -0.1) is 0 Å². The Morgan fingerprint density at radius 1 is 1.29 bits per heavy atom. The fraction of sp³-hybridized carbons (Fsp3) is 0.421. The molecule has 2 aliphatic rings. The fourth-order valence-corrected chi connectivity index (χ4v) is 3.35. The van der Waals surface area contributed by atoms with Crippen molar-refractivity contribution in [3.8, 4) is 0 Å². The van der Waals surface area contributed by atoms with E-state index in [9.17, 15) is 18.0 Å². The minimum absolute atomic E-state index is 0.111. The number of halogens is 3. The zero-order valence-corrected chi connectivity index (χ0v) is 16.8. The Labute approximate surface area is 177 Å². The third-order valence-corrected chi connectivity index (χ3v) is 4.76. The number of anilines is 1. The smallest absolute Gasteiger partial charge is 0.369 e. The summed E-state index contributed by atoms with van der Waals surface area (Å²) >= 11 is 0. The van der Waals surface area contributed by atoms with Gasteiger partial charge >= 0.3 is 6.18 Å². The van der Waals surface area contributed by atoms with Crippen LogP contribution < -0.4 is 10.6 Å². The van der Waals surface area contributed by atoms with Crippen LogP contribution in [-0.2, 0) is 4.79 Å². The molecule has 2 N–H and O–H groups in total. The molecule has 3 rings (SSSR count). The summed E-state index contributed by atoms with van der Waals surface area (Å²) in [6.45, 7) is 6.42. The van der Waals surface area contributed by atoms with Crippen molar-refractivity contribution in [2.75, 3.05) is 44.2 Å². The van der Waals surface area contributed by atoms with E-state index in [1.165, 1.54) is 17.3 Å². The normalized spacial score (nSPS) is 18.5. The lowest BCUT2D eigenvalue weighted by Crippen LogP contribution is -2.37. The van der Waals surface area contributed by atoms with Crippen LogP contribution in [0.5, 0.6) is 0 Å². The van der Waals surface area contributed by atoms with Gasteiger partial charge in [-0.1, -0.05) is 0 Å². The van der Waals surface area contributed by atoms with Crippen LogP contribution in [0.2, 0.25) is 0 Å². The van der Waals surface area contributed by atoms with Gasteiger partial charge in [-0.25, -0.2) is 9.97 Å². The van der Waals surface area contributed by atoms with Gasteiger partial charge in [0.05, 0.1) is 19.3 Å². The average Bonchev–Trinajstić information content (AvgIpc) is 2.97. The fourth-order valence-electron chi connectivity index (χ4n) is 3.35. The van der Waals surface area contributed by atoms with Gasteiger partial charge in [0.15, 0.2) is 11.5 Å². The summed E-state index contributed by atoms with van der Waals surface area (Å²) in [6, 6.07) is 1.74. The molecule has 9 nitrogen and oxygen atoms in total. The minimum Gasteiger partial charge on any atom is -0.369 e. The van der Waals surface area contributed by atoms with E-state index in [1.54, 1.807) is 12.3 Å². The number of hydrogen-bond acceptors (Lipinski definition) is 8. The number of nitrogens with two attached hydrogens (primary N) is 1. The van der Waals surface area contributed by atoms with E-state index in [1.807, 2.05) is 9.80 Å². The Morgan fingerprint density at radius 2 is 2.10 bits per heavy atom. The lowest BCUT2D eigenvalue weighted by molar-refractivity contribution is -0.119. The van der Waals surface area contributed by atoms with E-state index in [2.05, 4.69) is 26.7 Å². The van der Waals surface area contributed by atoms with Crippen LogP contribution in [0, 0.1) is 0 Å². The van der Waals surface area contributed by atoms with Gasteiger partial charge in [-0.3, -0.25) is 19.7 Å². The van der Waals surface area contributed by atoms with Crippen LogP contribution in [0.4, 0.5) is 19.0 Å². The highest BCUT2D eigenvalue weighted by atomic mass is 19.4. The first-order chi connectivity index (χ1) is 14.8. The third kappa shape index (κ3) is 5.87. The molecule has 0 atom stereocenters. The highest BCUT2D eigenvalue weighted by molar-refractivity contribution is 5.76. The molecule has 31 heavy (non-hydrogen) atoms. The van der Waals surface area contributed by atoms with Gasteiger partial charge in [0.25, 0.3) is 0 Å². The molecule has 1 amide bonds. The molecule has 166 valence electrons. The van der Waals surface area contributed by atoms with Crippen LogP contribution in [0.3, 0.4) is 0 Å². The summed E-state index contributed by atoms with van der Waals surface area (Å²) in [6.07, 6.45) is 1.18. The molecule has 3 heterocycles. The molecule has 0 radical (unpaired) electrons. The molecule has 0 aliphatic carbocycles. The van der Waals surface area contributed by atoms with Crippen LogP contribution >= 0.6 is 0 Å². The maximum Gasteiger partial charge on any atom is 0.434 e. The monoisotopic (exact) mass is 436 g/mol. The number of nitrogens with zero attached hydrogens (tertiary/aromatic N) is 7. The van der Waals surface area contributed by atoms with E-state index in [-0.39, 0.29) is 30.5 Å². The molecule has 12 heteroatoms. The Kier molecular flexibility index (Phi) is 7.00. The summed E-state index contributed by atoms with van der Waals surface area (Å²) in [5.41, 5.74) is 4.54. The second-order valence-electron chi connectivity index (χ2n) is 6.99. The molecule has 1 aromatic rings. The molecule has 1 aromatic heterocycles. The molecule has 0 spiro atoms. The summed E-state index contributed by atoms with van der Waals surface area (Å²) < 4.78 is 39.3. The molecular weight excluding hydrogens is 413 g/mol. The van der Waals surface area contributed by atoms with Gasteiger partial charge in [0, 0.05) is 44.8 Å². The number of allylic oxidation sites excluding steroid dienone is 1. The molecule has 0 aromatic carbocycles. The van der Waals surface area contributed by atoms with Gasteiger partial charge in [0.1, 0.15) is 11.5 Å². The van der Waals surface area contributed by atoms with Crippen molar-refractivity contribution in [3.63, 3.8) is 0 Å². The van der Waals surface area contributed by atoms with Crippen LogP contribution in [0.1, 0.15) is 12.2 Å². The number of amides is 1. The largest absolute Gasteiger partial charge is 0.434 e. The maximum atomic E-state index is 13.1. The van der Waals surface area contributed by atoms with E-state index < -0.39 is 11.9 Å². The second-order valence-corrected chi connectivity index (χ2v) is 6.99. The third-order valence-electron chi connectivity index (χ3n) is 4.76. The van der Waals surface area contributed by atoms with Gasteiger partial charge in [-0.2, -0.15) is 13.2 Å². The summed E-state index contributed by atoms with van der Waals surface area (Å²) in [7, 11) is 0. The van der Waals surface area contributed by atoms with Crippen LogP contribution in [0.25, 0.3) is 5.70 Å². The van der Waals surface area contributed by atoms with Crippen molar-refractivity contribution in [3.05, 3.63) is 36.2 Å². The van der Waals surface area contributed by atoms with Crippen molar-refractivity contribution < 1.29 is 18.0 Å². The summed E-state index contributed by atoms with van der Waals surface area (Å²) in [5, 5.41) is 0. The van der Waals surface area contributed by atoms with E-state index in [0.717, 1.165) is 19.2 Å². The van der Waals surface area contributed by atoms with Crippen molar-refractivity contribution in [1.82, 2.24) is 19.8 Å². The molecular formula is C19H23F3N8O. The highest BCUT2D eigenvalue weighted by Crippen LogP contribution is 2.30. The Balaban J connectivity index is 1.83. The minimum atomic E-state index is -4.58. The van der Waals surface area contributed by atoms with E-state index in [4.69, 9.17) is 5.73 Å². The maximum absolute atomic E-state index is 13.1. The standard InChI is InChI=1S/C19H23F3N8O/c1-24-11-14(30-8-5-25-15(12-30)19(20,21)22)18-26-4-3-17(27-18)29-7-2-6-28(9-10-29)13-16(23)31/h3-5,11-12H,1-2,6-10,13H2,(H2,23,31)/b14-11-. The first kappa shape index (κ1) is 22.4. The number of alkyl halides is 3. The average molecular weight is 436 g/mol. The molecule has 0 bridgehead atoms. The van der Waals surface area contributed by atoms with Gasteiger partial charge in [0.2, 0.25) is 5.91 Å². The number of aromatic nitrogens is 2. The molecule has 1 saturated heterocycles. The van der Waals surface area contributed by atoms with Gasteiger partial charge in [-0.05, 0) is 19.2 Å². The van der Waals surface area contributed by atoms with E-state index >= 15 is 0 Å². The number of hydrogen-bond donors (Lipinski definition) is 1. The lowest BCUT2D eigenvalue weighted by Gasteiger charge is -2.26. The van der Waals surface area contributed by atoms with Crippen molar-refractivity contribution in [2.24, 2.45) is 15.7 Å². The molecule has 0 unspecified atom stereocenters. The summed E-state index contributed by atoms with van der Waals surface area (Å²) in [5.74, 6) is 0.476. The molecule has 1 fully saturated rings. The Morgan fingerprint density at radius 3 is 2.81 bits per heavy atom. The van der Waals surface area contributed by atoms with Crippen LogP contribution in [0.15, 0.2) is 40.3 Å². The topological polar surface area (TPSA) is 103 Å². The number of carbonyl (C=O) groups excluding carboxylic acids is 1. The van der Waals surface area contributed by atoms with Crippen molar-refractivity contribution in [1.29, 1.82) is 0 Å². The van der Waals surface area contributed by atoms with Crippen molar-refractivity contribution in [2.45, 2.75) is 12.6 Å². The first-order valence-corrected chi connectivity index (χ1v) is 9.61. The predicted molar refractivity (Wildman–Crippen MR) is 111 cm³/mol. The number of aliphatic imine (C=N–C) groups is 2. The van der Waals surface area contributed by atoms with Crippen LogP contribution in [-0.4, -0.2) is 84.1 Å². The highest BCUT2D eigenvalue weighted by Gasteiger charge is 2.36. The first-order valence-electron chi connectivity index (χ1n) is 9.61. The van der Waals surface area contributed by atoms with Crippen molar-refractivity contribution >= 4 is 30.4 Å². The second kappa shape index (κ2) is 9.69.